The molecule has 0 saturated heterocycles. The Hall–Kier alpha value is -0.440. The molecule has 0 atom stereocenters. The molecule has 0 spiro atoms. The third-order valence-electron chi connectivity index (χ3n) is 3.81. The molecule has 0 aliphatic heterocycles. The summed E-state index contributed by atoms with van der Waals surface area (Å²) < 4.78 is 53.6. The second-order valence-corrected chi connectivity index (χ2v) is 6.50. The zero-order chi connectivity index (χ0) is 23.9. The predicted molar refractivity (Wildman–Crippen MR) is 123 cm³/mol. The summed E-state index contributed by atoms with van der Waals surface area (Å²) >= 11 is 0. The van der Waals surface area contributed by atoms with Gasteiger partial charge in [-0.15, -0.1) is 0 Å². The lowest BCUT2D eigenvalue weighted by atomic mass is 10.6. The molecule has 200 valence electrons. The van der Waals surface area contributed by atoms with Crippen LogP contribution in [0.15, 0.2) is 0 Å². The first kappa shape index (κ1) is 32.6. The van der Waals surface area contributed by atoms with Crippen LogP contribution >= 0.6 is 0 Å². The highest BCUT2D eigenvalue weighted by atomic mass is 16.6. The van der Waals surface area contributed by atoms with Crippen molar-refractivity contribution < 1.29 is 47.4 Å². The van der Waals surface area contributed by atoms with Crippen LogP contribution in [-0.2, 0) is 47.4 Å². The van der Waals surface area contributed by atoms with Gasteiger partial charge in [0.2, 0.25) is 0 Å². The highest BCUT2D eigenvalue weighted by Gasteiger charge is 1.95. The monoisotopic (exact) mass is 485 g/mol. The molecule has 0 aromatic rings. The molecule has 0 rings (SSSR count). The second kappa shape index (κ2) is 31.6. The molecule has 0 aliphatic rings. The summed E-state index contributed by atoms with van der Waals surface area (Å²) in [4.78, 5) is 0. The van der Waals surface area contributed by atoms with E-state index >= 15 is 0 Å². The molecule has 0 bridgehead atoms. The van der Waals surface area contributed by atoms with Gasteiger partial charge in [0.1, 0.15) is 0 Å². The Morgan fingerprint density at radius 1 is 0.303 bits per heavy atom. The van der Waals surface area contributed by atoms with Gasteiger partial charge in [0.05, 0.1) is 126 Å². The molecule has 0 unspecified atom stereocenters. The first-order valence-electron chi connectivity index (χ1n) is 11.9. The summed E-state index contributed by atoms with van der Waals surface area (Å²) in [6, 6.07) is 0. The van der Waals surface area contributed by atoms with Gasteiger partial charge in [0.25, 0.3) is 0 Å². The molecule has 0 radical (unpaired) electrons. The maximum absolute atomic E-state index is 5.44. The first-order chi connectivity index (χ1) is 16.4. The van der Waals surface area contributed by atoms with Crippen LogP contribution in [0.5, 0.6) is 0 Å². The van der Waals surface area contributed by atoms with Gasteiger partial charge < -0.3 is 53.1 Å². The maximum Gasteiger partial charge on any atom is 0.0701 e. The molecule has 0 saturated carbocycles. The van der Waals surface area contributed by atoms with E-state index in [1.807, 2.05) is 6.92 Å². The molecular weight excluding hydrogens is 438 g/mol. The summed E-state index contributed by atoms with van der Waals surface area (Å²) in [6.45, 7) is 13.6. The third kappa shape index (κ3) is 31.6. The number of nitrogens with two attached hydrogens (primary N) is 1. The molecule has 0 heterocycles. The van der Waals surface area contributed by atoms with Crippen LogP contribution < -0.4 is 5.73 Å². The molecule has 0 amide bonds. The van der Waals surface area contributed by atoms with Gasteiger partial charge in [-0.1, -0.05) is 0 Å². The summed E-state index contributed by atoms with van der Waals surface area (Å²) in [7, 11) is 0. The zero-order valence-electron chi connectivity index (χ0n) is 20.5. The topological polar surface area (TPSA) is 118 Å². The average Bonchev–Trinajstić information content (AvgIpc) is 2.83. The Bertz CT molecular complexity index is 312. The largest absolute Gasteiger partial charge is 0.379 e. The fourth-order valence-electron chi connectivity index (χ4n) is 2.21. The smallest absolute Gasteiger partial charge is 0.0701 e. The predicted octanol–water partition coefficient (Wildman–Crippen LogP) is 0.131. The van der Waals surface area contributed by atoms with Crippen molar-refractivity contribution in [2.45, 2.75) is 6.92 Å². The quantitative estimate of drug-likeness (QED) is 0.140. The molecule has 0 aromatic carbocycles. The molecule has 33 heavy (non-hydrogen) atoms. The number of hydrogen-bond donors (Lipinski definition) is 1. The van der Waals surface area contributed by atoms with Crippen molar-refractivity contribution >= 4 is 0 Å². The summed E-state index contributed by atoms with van der Waals surface area (Å²) in [5.41, 5.74) is 5.31. The van der Waals surface area contributed by atoms with Gasteiger partial charge in [0.15, 0.2) is 0 Å². The molecule has 0 fully saturated rings. The van der Waals surface area contributed by atoms with Gasteiger partial charge in [0, 0.05) is 13.2 Å². The van der Waals surface area contributed by atoms with Gasteiger partial charge in [-0.05, 0) is 6.92 Å². The Morgan fingerprint density at radius 2 is 0.485 bits per heavy atom. The maximum atomic E-state index is 5.44. The summed E-state index contributed by atoms with van der Waals surface area (Å²) in [5.74, 6) is 0. The van der Waals surface area contributed by atoms with Gasteiger partial charge in [-0.25, -0.2) is 0 Å². The number of hydrogen-bond acceptors (Lipinski definition) is 11. The van der Waals surface area contributed by atoms with Gasteiger partial charge >= 0.3 is 0 Å². The van der Waals surface area contributed by atoms with Gasteiger partial charge in [-0.3, -0.25) is 0 Å². The van der Waals surface area contributed by atoms with E-state index in [1.165, 1.54) is 0 Å². The Kier molecular flexibility index (Phi) is 31.1. The third-order valence-corrected chi connectivity index (χ3v) is 3.81. The van der Waals surface area contributed by atoms with Crippen molar-refractivity contribution in [2.24, 2.45) is 5.73 Å². The van der Waals surface area contributed by atoms with E-state index in [0.29, 0.717) is 139 Å². The second-order valence-electron chi connectivity index (χ2n) is 6.50. The molecular formula is C22H47NO10. The van der Waals surface area contributed by atoms with Crippen molar-refractivity contribution in [1.29, 1.82) is 0 Å². The normalized spacial score (nSPS) is 11.5. The van der Waals surface area contributed by atoms with Crippen molar-refractivity contribution in [3.8, 4) is 0 Å². The summed E-state index contributed by atoms with van der Waals surface area (Å²) in [6.07, 6.45) is 0. The molecule has 2 N–H and O–H groups in total. The number of rotatable bonds is 30. The first-order valence-corrected chi connectivity index (χ1v) is 11.9. The minimum absolute atomic E-state index is 0.526. The van der Waals surface area contributed by atoms with Crippen molar-refractivity contribution in [1.82, 2.24) is 0 Å². The van der Waals surface area contributed by atoms with Crippen LogP contribution in [-0.4, -0.2) is 139 Å². The lowest BCUT2D eigenvalue weighted by molar-refractivity contribution is -0.0261. The van der Waals surface area contributed by atoms with E-state index in [2.05, 4.69) is 0 Å². The van der Waals surface area contributed by atoms with Crippen LogP contribution in [0.25, 0.3) is 0 Å². The van der Waals surface area contributed by atoms with E-state index in [4.69, 9.17) is 53.1 Å². The molecule has 11 heteroatoms. The lowest BCUT2D eigenvalue weighted by Crippen LogP contribution is -2.15. The van der Waals surface area contributed by atoms with Crippen LogP contribution in [0, 0.1) is 0 Å². The Morgan fingerprint density at radius 3 is 0.667 bits per heavy atom. The minimum Gasteiger partial charge on any atom is -0.379 e. The van der Waals surface area contributed by atoms with Crippen molar-refractivity contribution in [2.75, 3.05) is 139 Å². The SMILES string of the molecule is CCOCCOCCOCCOCCOCCOCCOCCOCCOCCOCCN. The van der Waals surface area contributed by atoms with Crippen LogP contribution in [0.4, 0.5) is 0 Å². The molecule has 0 aromatic heterocycles. The average molecular weight is 486 g/mol. The van der Waals surface area contributed by atoms with Gasteiger partial charge in [-0.2, -0.15) is 0 Å². The van der Waals surface area contributed by atoms with Crippen LogP contribution in [0.2, 0.25) is 0 Å². The van der Waals surface area contributed by atoms with E-state index in [0.717, 1.165) is 0 Å². The van der Waals surface area contributed by atoms with Crippen molar-refractivity contribution in [3.05, 3.63) is 0 Å². The van der Waals surface area contributed by atoms with E-state index < -0.39 is 0 Å². The van der Waals surface area contributed by atoms with E-state index in [9.17, 15) is 0 Å². The molecule has 0 aliphatic carbocycles. The standard InChI is InChI=1S/C22H47NO10/c1-2-24-5-6-26-9-10-28-13-14-30-17-18-32-21-22-33-20-19-31-16-15-29-12-11-27-8-7-25-4-3-23/h2-23H2,1H3. The number of ether oxygens (including phenoxy) is 10. The minimum atomic E-state index is 0.526. The van der Waals surface area contributed by atoms with Crippen LogP contribution in [0.3, 0.4) is 0 Å². The highest BCUT2D eigenvalue weighted by molar-refractivity contribution is 4.38. The van der Waals surface area contributed by atoms with E-state index in [-0.39, 0.29) is 0 Å². The van der Waals surface area contributed by atoms with Crippen molar-refractivity contribution in [3.63, 3.8) is 0 Å². The summed E-state index contributed by atoms with van der Waals surface area (Å²) in [5, 5.41) is 0. The van der Waals surface area contributed by atoms with E-state index in [1.54, 1.807) is 0 Å². The fraction of sp³-hybridized carbons (Fsp3) is 1.00. The Labute approximate surface area is 199 Å². The highest BCUT2D eigenvalue weighted by Crippen LogP contribution is 1.86. The fourth-order valence-corrected chi connectivity index (χ4v) is 2.21. The Balaban J connectivity index is 2.99. The zero-order valence-corrected chi connectivity index (χ0v) is 20.5. The van der Waals surface area contributed by atoms with Crippen LogP contribution in [0.1, 0.15) is 6.92 Å². The molecule has 11 nitrogen and oxygen atoms in total. The lowest BCUT2D eigenvalue weighted by Gasteiger charge is -2.09.